The lowest BCUT2D eigenvalue weighted by Crippen LogP contribution is -2.36. The Morgan fingerprint density at radius 1 is 1.32 bits per heavy atom. The summed E-state index contributed by atoms with van der Waals surface area (Å²) >= 11 is 0. The molecule has 6 heteroatoms. The zero-order chi connectivity index (χ0) is 13.7. The average molecular weight is 262 g/mol. The van der Waals surface area contributed by atoms with E-state index in [1.807, 2.05) is 6.07 Å². The van der Waals surface area contributed by atoms with Gasteiger partial charge in [-0.05, 0) is 29.8 Å². The van der Waals surface area contributed by atoms with Crippen LogP contribution in [0.2, 0.25) is 0 Å². The minimum Gasteiger partial charge on any atom is -0.475 e. The van der Waals surface area contributed by atoms with Gasteiger partial charge in [0, 0.05) is 19.3 Å². The molecule has 1 aliphatic rings. The summed E-state index contributed by atoms with van der Waals surface area (Å²) in [6.45, 7) is 2.99. The highest BCUT2D eigenvalue weighted by Crippen LogP contribution is 2.13. The van der Waals surface area contributed by atoms with Crippen molar-refractivity contribution in [3.63, 3.8) is 0 Å². The quantitative estimate of drug-likeness (QED) is 0.631. The van der Waals surface area contributed by atoms with E-state index in [0.29, 0.717) is 18.8 Å². The minimum atomic E-state index is -1.46. The Kier molecular flexibility index (Phi) is 4.25. The average Bonchev–Trinajstić information content (AvgIpc) is 2.46. The summed E-state index contributed by atoms with van der Waals surface area (Å²) < 4.78 is 5.26. The highest BCUT2D eigenvalue weighted by atomic mass is 16.5. The Labute approximate surface area is 110 Å². The third-order valence-corrected chi connectivity index (χ3v) is 2.74. The summed E-state index contributed by atoms with van der Waals surface area (Å²) in [6.07, 6.45) is 4.07. The summed E-state index contributed by atoms with van der Waals surface area (Å²) in [6, 6.07) is 3.64. The van der Waals surface area contributed by atoms with Crippen molar-refractivity contribution in [2.45, 2.75) is 0 Å². The van der Waals surface area contributed by atoms with Crippen LogP contribution in [0.5, 0.6) is 0 Å². The fourth-order valence-corrected chi connectivity index (χ4v) is 1.72. The van der Waals surface area contributed by atoms with E-state index in [0.717, 1.165) is 25.0 Å². The first kappa shape index (κ1) is 13.2. The molecule has 19 heavy (non-hydrogen) atoms. The van der Waals surface area contributed by atoms with Crippen LogP contribution in [0.3, 0.4) is 0 Å². The molecular formula is C13H14N2O4. The van der Waals surface area contributed by atoms with E-state index in [9.17, 15) is 9.59 Å². The Morgan fingerprint density at radius 3 is 2.63 bits per heavy atom. The number of ketones is 1. The second-order valence-corrected chi connectivity index (χ2v) is 4.05. The number of nitrogens with zero attached hydrogens (tertiary/aromatic N) is 2. The van der Waals surface area contributed by atoms with Gasteiger partial charge in [0.05, 0.1) is 13.2 Å². The van der Waals surface area contributed by atoms with E-state index in [4.69, 9.17) is 9.84 Å². The van der Waals surface area contributed by atoms with Gasteiger partial charge in [0.1, 0.15) is 5.82 Å². The molecule has 0 atom stereocenters. The molecule has 0 bridgehead atoms. The van der Waals surface area contributed by atoms with Crippen LogP contribution in [0, 0.1) is 0 Å². The first-order valence-corrected chi connectivity index (χ1v) is 5.91. The molecule has 0 radical (unpaired) electrons. The van der Waals surface area contributed by atoms with Crippen molar-refractivity contribution in [1.29, 1.82) is 0 Å². The molecule has 0 spiro atoms. The lowest BCUT2D eigenvalue weighted by Gasteiger charge is -2.27. The van der Waals surface area contributed by atoms with Gasteiger partial charge in [0.2, 0.25) is 0 Å². The topological polar surface area (TPSA) is 79.7 Å². The number of aliphatic carboxylic acids is 1. The van der Waals surface area contributed by atoms with Crippen LogP contribution in [0.4, 0.5) is 5.82 Å². The molecule has 100 valence electrons. The molecule has 1 aromatic heterocycles. The molecule has 6 nitrogen and oxygen atoms in total. The molecule has 2 heterocycles. The van der Waals surface area contributed by atoms with E-state index in [1.165, 1.54) is 6.08 Å². The van der Waals surface area contributed by atoms with Gasteiger partial charge in [0.25, 0.3) is 5.78 Å². The van der Waals surface area contributed by atoms with E-state index >= 15 is 0 Å². The first-order chi connectivity index (χ1) is 9.16. The zero-order valence-corrected chi connectivity index (χ0v) is 10.3. The summed E-state index contributed by atoms with van der Waals surface area (Å²) in [5, 5.41) is 8.44. The number of ether oxygens (including phenoxy) is 1. The standard InChI is InChI=1S/C13H14N2O4/c16-11(13(17)18)3-1-10-2-4-12(14-9-10)15-5-7-19-8-6-15/h1-4,9H,5-8H2,(H,17,18)/b3-1+. The molecule has 1 saturated heterocycles. The Balaban J connectivity index is 2.01. The smallest absolute Gasteiger partial charge is 0.376 e. The van der Waals surface area contributed by atoms with Crippen LogP contribution in [-0.4, -0.2) is 48.1 Å². The highest BCUT2D eigenvalue weighted by Gasteiger charge is 2.11. The molecule has 1 fully saturated rings. The van der Waals surface area contributed by atoms with Crippen molar-refractivity contribution >= 4 is 23.6 Å². The van der Waals surface area contributed by atoms with Crippen LogP contribution < -0.4 is 4.90 Å². The minimum absolute atomic E-state index is 0.687. The summed E-state index contributed by atoms with van der Waals surface area (Å²) in [4.78, 5) is 27.6. The Hall–Kier alpha value is -2.21. The molecular weight excluding hydrogens is 248 g/mol. The second-order valence-electron chi connectivity index (χ2n) is 4.05. The number of hydrogen-bond donors (Lipinski definition) is 1. The van der Waals surface area contributed by atoms with Gasteiger partial charge in [-0.25, -0.2) is 9.78 Å². The number of carbonyl (C=O) groups is 2. The van der Waals surface area contributed by atoms with Crippen LogP contribution in [0.25, 0.3) is 6.08 Å². The van der Waals surface area contributed by atoms with Crippen molar-refractivity contribution in [3.8, 4) is 0 Å². The van der Waals surface area contributed by atoms with E-state index < -0.39 is 11.8 Å². The summed E-state index contributed by atoms with van der Waals surface area (Å²) in [5.74, 6) is -1.56. The molecule has 0 aliphatic carbocycles. The van der Waals surface area contributed by atoms with Crippen molar-refractivity contribution in [1.82, 2.24) is 4.98 Å². The fourth-order valence-electron chi connectivity index (χ4n) is 1.72. The highest BCUT2D eigenvalue weighted by molar-refractivity contribution is 6.38. The summed E-state index contributed by atoms with van der Waals surface area (Å²) in [5.41, 5.74) is 0.687. The molecule has 2 rings (SSSR count). The number of carboxylic acid groups (broad SMARTS) is 1. The normalized spacial score (nSPS) is 15.7. The Bertz CT molecular complexity index is 490. The SMILES string of the molecule is O=C(O)C(=O)/C=C/c1ccc(N2CCOCC2)nc1. The van der Waals surface area contributed by atoms with Gasteiger partial charge in [-0.3, -0.25) is 4.79 Å². The van der Waals surface area contributed by atoms with Crippen molar-refractivity contribution in [3.05, 3.63) is 30.0 Å². The number of aromatic nitrogens is 1. The molecule has 0 unspecified atom stereocenters. The number of pyridine rings is 1. The third kappa shape index (κ3) is 3.62. The van der Waals surface area contributed by atoms with Crippen LogP contribution in [0.15, 0.2) is 24.4 Å². The second kappa shape index (κ2) is 6.10. The molecule has 1 N–H and O–H groups in total. The number of carbonyl (C=O) groups excluding carboxylic acids is 1. The maximum atomic E-state index is 10.9. The van der Waals surface area contributed by atoms with Crippen molar-refractivity contribution in [2.75, 3.05) is 31.2 Å². The maximum absolute atomic E-state index is 10.9. The van der Waals surface area contributed by atoms with E-state index in [2.05, 4.69) is 9.88 Å². The van der Waals surface area contributed by atoms with Gasteiger partial charge >= 0.3 is 5.97 Å². The van der Waals surface area contributed by atoms with Gasteiger partial charge in [-0.15, -0.1) is 0 Å². The predicted molar refractivity (Wildman–Crippen MR) is 68.9 cm³/mol. The predicted octanol–water partition coefficient (Wildman–Crippen LogP) is 0.585. The number of carboxylic acids is 1. The third-order valence-electron chi connectivity index (χ3n) is 2.74. The largest absolute Gasteiger partial charge is 0.475 e. The van der Waals surface area contributed by atoms with E-state index in [1.54, 1.807) is 12.3 Å². The Morgan fingerprint density at radius 2 is 2.05 bits per heavy atom. The van der Waals surface area contributed by atoms with Crippen LogP contribution in [-0.2, 0) is 14.3 Å². The molecule has 0 saturated carbocycles. The monoisotopic (exact) mass is 262 g/mol. The van der Waals surface area contributed by atoms with Gasteiger partial charge < -0.3 is 14.7 Å². The fraction of sp³-hybridized carbons (Fsp3) is 0.308. The van der Waals surface area contributed by atoms with Gasteiger partial charge in [-0.2, -0.15) is 0 Å². The molecule has 0 aromatic carbocycles. The number of hydrogen-bond acceptors (Lipinski definition) is 5. The van der Waals surface area contributed by atoms with Crippen molar-refractivity contribution in [2.24, 2.45) is 0 Å². The number of anilines is 1. The number of rotatable bonds is 4. The molecule has 1 aliphatic heterocycles. The van der Waals surface area contributed by atoms with Gasteiger partial charge in [0.15, 0.2) is 0 Å². The van der Waals surface area contributed by atoms with Gasteiger partial charge in [-0.1, -0.05) is 0 Å². The zero-order valence-electron chi connectivity index (χ0n) is 10.3. The molecule has 1 aromatic rings. The van der Waals surface area contributed by atoms with Crippen LogP contribution >= 0.6 is 0 Å². The van der Waals surface area contributed by atoms with Crippen LogP contribution in [0.1, 0.15) is 5.56 Å². The number of morpholine rings is 1. The van der Waals surface area contributed by atoms with Crippen molar-refractivity contribution < 1.29 is 19.4 Å². The maximum Gasteiger partial charge on any atom is 0.376 e. The summed E-state index contributed by atoms with van der Waals surface area (Å²) in [7, 11) is 0. The van der Waals surface area contributed by atoms with E-state index in [-0.39, 0.29) is 0 Å². The molecule has 0 amide bonds. The first-order valence-electron chi connectivity index (χ1n) is 5.91. The lowest BCUT2D eigenvalue weighted by molar-refractivity contribution is -0.146. The lowest BCUT2D eigenvalue weighted by atomic mass is 10.2.